The number of nitrogens with one attached hydrogen (secondary N) is 4. The first-order valence-corrected chi connectivity index (χ1v) is 5.38. The standard InChI is InChI=1S/C9H18N6O3/c1-10-7(16)12-5-6(13-8(17)11-2)15(4)9(18)14(5)3/h5-6H,1-4H3,(H2,10,12,16)(H2,11,13,17). The molecule has 1 aliphatic heterocycles. The molecule has 18 heavy (non-hydrogen) atoms. The summed E-state index contributed by atoms with van der Waals surface area (Å²) in [4.78, 5) is 37.1. The Morgan fingerprint density at radius 3 is 1.56 bits per heavy atom. The van der Waals surface area contributed by atoms with E-state index in [1.165, 1.54) is 23.9 Å². The number of carbonyl (C=O) groups is 3. The lowest BCUT2D eigenvalue weighted by Gasteiger charge is -2.26. The van der Waals surface area contributed by atoms with Crippen LogP contribution in [0.15, 0.2) is 0 Å². The lowest BCUT2D eigenvalue weighted by Crippen LogP contribution is -2.58. The maximum absolute atomic E-state index is 11.8. The largest absolute Gasteiger partial charge is 0.341 e. The molecule has 102 valence electrons. The third-order valence-corrected chi connectivity index (χ3v) is 2.75. The van der Waals surface area contributed by atoms with E-state index in [0.29, 0.717) is 0 Å². The molecule has 6 amide bonds. The van der Waals surface area contributed by atoms with Gasteiger partial charge in [-0.15, -0.1) is 0 Å². The van der Waals surface area contributed by atoms with Crippen LogP contribution in [0.3, 0.4) is 0 Å². The minimum absolute atomic E-state index is 0.294. The molecule has 0 aromatic heterocycles. The molecule has 1 heterocycles. The van der Waals surface area contributed by atoms with Gasteiger partial charge in [0.05, 0.1) is 0 Å². The molecule has 9 nitrogen and oxygen atoms in total. The van der Waals surface area contributed by atoms with Gasteiger partial charge >= 0.3 is 18.1 Å². The number of likely N-dealkylation sites (N-methyl/N-ethyl adjacent to an activating group) is 2. The first-order valence-electron chi connectivity index (χ1n) is 5.38. The monoisotopic (exact) mass is 258 g/mol. The van der Waals surface area contributed by atoms with Crippen molar-refractivity contribution in [1.82, 2.24) is 31.1 Å². The summed E-state index contributed by atoms with van der Waals surface area (Å²) in [7, 11) is 6.03. The third kappa shape index (κ3) is 2.55. The summed E-state index contributed by atoms with van der Waals surface area (Å²) in [6, 6.07) is -1.16. The summed E-state index contributed by atoms with van der Waals surface area (Å²) in [6.45, 7) is 0. The maximum Gasteiger partial charge on any atom is 0.323 e. The molecular weight excluding hydrogens is 240 g/mol. The van der Waals surface area contributed by atoms with E-state index in [0.717, 1.165) is 0 Å². The number of hydrogen-bond donors (Lipinski definition) is 4. The second kappa shape index (κ2) is 5.43. The Morgan fingerprint density at radius 1 is 0.944 bits per heavy atom. The van der Waals surface area contributed by atoms with Gasteiger partial charge in [0.25, 0.3) is 0 Å². The lowest BCUT2D eigenvalue weighted by atomic mass is 10.3. The molecule has 2 unspecified atom stereocenters. The zero-order valence-corrected chi connectivity index (χ0v) is 10.8. The first kappa shape index (κ1) is 13.9. The van der Waals surface area contributed by atoms with Crippen LogP contribution >= 0.6 is 0 Å². The summed E-state index contributed by atoms with van der Waals surface area (Å²) in [5.41, 5.74) is 0. The zero-order chi connectivity index (χ0) is 13.9. The molecule has 4 N–H and O–H groups in total. The summed E-state index contributed by atoms with van der Waals surface area (Å²) in [5, 5.41) is 9.97. The molecule has 1 rings (SSSR count). The van der Waals surface area contributed by atoms with Crippen LogP contribution in [-0.2, 0) is 0 Å². The maximum atomic E-state index is 11.8. The van der Waals surface area contributed by atoms with Crippen LogP contribution < -0.4 is 21.3 Å². The van der Waals surface area contributed by atoms with Crippen LogP contribution in [0.4, 0.5) is 14.4 Å². The topological polar surface area (TPSA) is 106 Å². The highest BCUT2D eigenvalue weighted by atomic mass is 16.2. The van der Waals surface area contributed by atoms with Gasteiger partial charge in [-0.1, -0.05) is 0 Å². The Balaban J connectivity index is 2.84. The molecular formula is C9H18N6O3. The van der Waals surface area contributed by atoms with Crippen molar-refractivity contribution in [3.8, 4) is 0 Å². The van der Waals surface area contributed by atoms with E-state index in [9.17, 15) is 14.4 Å². The summed E-state index contributed by atoms with van der Waals surface area (Å²) in [5.74, 6) is 0. The second-order valence-electron chi connectivity index (χ2n) is 3.84. The van der Waals surface area contributed by atoms with Crippen molar-refractivity contribution in [3.63, 3.8) is 0 Å². The van der Waals surface area contributed by atoms with Crippen molar-refractivity contribution in [1.29, 1.82) is 0 Å². The molecule has 0 radical (unpaired) electrons. The van der Waals surface area contributed by atoms with Crippen molar-refractivity contribution < 1.29 is 14.4 Å². The van der Waals surface area contributed by atoms with Gasteiger partial charge in [0.2, 0.25) is 0 Å². The average molecular weight is 258 g/mol. The van der Waals surface area contributed by atoms with E-state index in [1.807, 2.05) is 0 Å². The number of hydrogen-bond acceptors (Lipinski definition) is 3. The van der Waals surface area contributed by atoms with Crippen molar-refractivity contribution in [2.75, 3.05) is 28.2 Å². The molecule has 1 aliphatic rings. The molecule has 0 aromatic rings. The Labute approximate surface area is 105 Å². The van der Waals surface area contributed by atoms with E-state index in [1.54, 1.807) is 14.1 Å². The molecule has 1 fully saturated rings. The van der Waals surface area contributed by atoms with Crippen molar-refractivity contribution in [2.45, 2.75) is 12.3 Å². The van der Waals surface area contributed by atoms with E-state index in [-0.39, 0.29) is 6.03 Å². The van der Waals surface area contributed by atoms with Crippen LogP contribution in [-0.4, -0.2) is 68.4 Å². The highest BCUT2D eigenvalue weighted by Crippen LogP contribution is 2.15. The Hall–Kier alpha value is -2.19. The number of carbonyl (C=O) groups excluding carboxylic acids is 3. The van der Waals surface area contributed by atoms with Gasteiger partial charge in [-0.25, -0.2) is 14.4 Å². The fourth-order valence-electron chi connectivity index (χ4n) is 1.67. The van der Waals surface area contributed by atoms with Crippen LogP contribution in [0, 0.1) is 0 Å². The number of rotatable bonds is 2. The minimum Gasteiger partial charge on any atom is -0.341 e. The summed E-state index contributed by atoms with van der Waals surface area (Å²) in [6.07, 6.45) is -1.28. The average Bonchev–Trinajstić information content (AvgIpc) is 2.56. The van der Waals surface area contributed by atoms with Gasteiger partial charge < -0.3 is 31.1 Å². The van der Waals surface area contributed by atoms with Crippen LogP contribution in [0.2, 0.25) is 0 Å². The summed E-state index contributed by atoms with van der Waals surface area (Å²) < 4.78 is 0. The predicted molar refractivity (Wildman–Crippen MR) is 63.7 cm³/mol. The van der Waals surface area contributed by atoms with Gasteiger partial charge in [-0.2, -0.15) is 0 Å². The lowest BCUT2D eigenvalue weighted by molar-refractivity contribution is 0.195. The van der Waals surface area contributed by atoms with Crippen LogP contribution in [0.25, 0.3) is 0 Å². The van der Waals surface area contributed by atoms with E-state index >= 15 is 0 Å². The molecule has 0 aliphatic carbocycles. The van der Waals surface area contributed by atoms with Gasteiger partial charge in [0.15, 0.2) is 0 Å². The smallest absolute Gasteiger partial charge is 0.323 e. The fourth-order valence-corrected chi connectivity index (χ4v) is 1.67. The zero-order valence-electron chi connectivity index (χ0n) is 10.8. The van der Waals surface area contributed by atoms with Gasteiger partial charge in [0, 0.05) is 28.2 Å². The molecule has 2 atom stereocenters. The number of amides is 6. The van der Waals surface area contributed by atoms with E-state index in [2.05, 4.69) is 21.3 Å². The minimum atomic E-state index is -0.639. The van der Waals surface area contributed by atoms with Gasteiger partial charge in [0.1, 0.15) is 12.3 Å². The molecule has 1 saturated heterocycles. The fraction of sp³-hybridized carbons (Fsp3) is 0.667. The van der Waals surface area contributed by atoms with E-state index < -0.39 is 24.4 Å². The van der Waals surface area contributed by atoms with E-state index in [4.69, 9.17) is 0 Å². The third-order valence-electron chi connectivity index (χ3n) is 2.75. The van der Waals surface area contributed by atoms with Crippen molar-refractivity contribution >= 4 is 18.1 Å². The SMILES string of the molecule is CNC(=O)NC1C(NC(=O)NC)N(C)C(=O)N1C. The second-order valence-corrected chi connectivity index (χ2v) is 3.84. The Bertz CT molecular complexity index is 328. The summed E-state index contributed by atoms with van der Waals surface area (Å²) >= 11 is 0. The quantitative estimate of drug-likeness (QED) is 0.484. The van der Waals surface area contributed by atoms with Crippen molar-refractivity contribution in [3.05, 3.63) is 0 Å². The first-order chi connectivity index (χ1) is 8.42. The molecule has 0 aromatic carbocycles. The highest BCUT2D eigenvalue weighted by Gasteiger charge is 2.43. The Kier molecular flexibility index (Phi) is 4.18. The van der Waals surface area contributed by atoms with Crippen molar-refractivity contribution in [2.24, 2.45) is 0 Å². The van der Waals surface area contributed by atoms with Crippen LogP contribution in [0.5, 0.6) is 0 Å². The number of nitrogens with zero attached hydrogens (tertiary/aromatic N) is 2. The normalized spacial score (nSPS) is 22.8. The molecule has 0 spiro atoms. The Morgan fingerprint density at radius 2 is 1.28 bits per heavy atom. The number of urea groups is 3. The molecule has 0 bridgehead atoms. The van der Waals surface area contributed by atoms with Crippen LogP contribution in [0.1, 0.15) is 0 Å². The molecule has 9 heteroatoms. The highest BCUT2D eigenvalue weighted by molar-refractivity contribution is 5.82. The van der Waals surface area contributed by atoms with Gasteiger partial charge in [-0.05, 0) is 0 Å². The van der Waals surface area contributed by atoms with Gasteiger partial charge in [-0.3, -0.25) is 0 Å². The predicted octanol–water partition coefficient (Wildman–Crippen LogP) is -1.51. The molecule has 0 saturated carbocycles.